The Morgan fingerprint density at radius 1 is 0.846 bits per heavy atom. The molecule has 1 heterocycles. The molecule has 0 atom stereocenters. The van der Waals surface area contributed by atoms with E-state index in [2.05, 4.69) is 14.9 Å². The maximum Gasteiger partial charge on any atom is 0.261 e. The number of ether oxygens (including phenoxy) is 2. The molecule has 0 radical (unpaired) electrons. The monoisotopic (exact) mass is 371 g/mol. The fourth-order valence-electron chi connectivity index (χ4n) is 2.12. The number of sulfonamides is 1. The molecule has 0 saturated heterocycles. The highest BCUT2D eigenvalue weighted by molar-refractivity contribution is 7.92. The van der Waals surface area contributed by atoms with Crippen LogP contribution in [0.4, 0.5) is 5.69 Å². The minimum atomic E-state index is -3.68. The molecule has 7 nitrogen and oxygen atoms in total. The third-order valence-electron chi connectivity index (χ3n) is 3.47. The minimum absolute atomic E-state index is 0.147. The highest BCUT2D eigenvalue weighted by atomic mass is 32.2. The van der Waals surface area contributed by atoms with Gasteiger partial charge >= 0.3 is 0 Å². The molecule has 0 spiro atoms. The Balaban J connectivity index is 1.70. The molecule has 1 N–H and O–H groups in total. The summed E-state index contributed by atoms with van der Waals surface area (Å²) >= 11 is 0. The largest absolute Gasteiger partial charge is 0.497 e. The Morgan fingerprint density at radius 2 is 1.50 bits per heavy atom. The number of benzene rings is 2. The zero-order valence-electron chi connectivity index (χ0n) is 14.2. The quantitative estimate of drug-likeness (QED) is 0.714. The standard InChI is InChI=1S/C18H17N3O4S/c1-13-3-12-18(20-19-13)25-16-6-4-14(5-7-16)21-26(22,23)17-10-8-15(24-2)9-11-17/h3-12,21H,1-2H3. The fourth-order valence-corrected chi connectivity index (χ4v) is 3.18. The molecular formula is C18H17N3O4S. The van der Waals surface area contributed by atoms with E-state index in [1.165, 1.54) is 19.2 Å². The first-order valence-corrected chi connectivity index (χ1v) is 9.20. The van der Waals surface area contributed by atoms with Crippen LogP contribution in [-0.2, 0) is 10.0 Å². The van der Waals surface area contributed by atoms with Crippen molar-refractivity contribution in [2.24, 2.45) is 0 Å². The van der Waals surface area contributed by atoms with Crippen molar-refractivity contribution in [1.29, 1.82) is 0 Å². The van der Waals surface area contributed by atoms with E-state index in [0.717, 1.165) is 5.69 Å². The first-order valence-electron chi connectivity index (χ1n) is 7.71. The Hall–Kier alpha value is -3.13. The molecule has 0 fully saturated rings. The molecule has 0 bridgehead atoms. The normalized spacial score (nSPS) is 11.0. The molecule has 26 heavy (non-hydrogen) atoms. The minimum Gasteiger partial charge on any atom is -0.497 e. The van der Waals surface area contributed by atoms with Gasteiger partial charge in [0.1, 0.15) is 11.5 Å². The summed E-state index contributed by atoms with van der Waals surface area (Å²) in [5.74, 6) is 1.47. The molecule has 2 aromatic carbocycles. The molecule has 3 rings (SSSR count). The summed E-state index contributed by atoms with van der Waals surface area (Å²) < 4.78 is 37.9. The second-order valence-corrected chi connectivity index (χ2v) is 7.10. The predicted octanol–water partition coefficient (Wildman–Crippen LogP) is 3.39. The predicted molar refractivity (Wildman–Crippen MR) is 97.1 cm³/mol. The van der Waals surface area contributed by atoms with Crippen LogP contribution >= 0.6 is 0 Å². The molecule has 0 aliphatic heterocycles. The average molecular weight is 371 g/mol. The van der Waals surface area contributed by atoms with Crippen LogP contribution in [0.1, 0.15) is 5.69 Å². The molecule has 134 valence electrons. The Labute approximate surface area is 151 Å². The number of hydrogen-bond donors (Lipinski definition) is 1. The lowest BCUT2D eigenvalue weighted by Gasteiger charge is -2.10. The van der Waals surface area contributed by atoms with Gasteiger partial charge in [-0.1, -0.05) is 0 Å². The lowest BCUT2D eigenvalue weighted by atomic mass is 10.3. The summed E-state index contributed by atoms with van der Waals surface area (Å²) in [6.07, 6.45) is 0. The number of aromatic nitrogens is 2. The molecule has 0 aliphatic carbocycles. The van der Waals surface area contributed by atoms with Gasteiger partial charge in [0.05, 0.1) is 17.7 Å². The first kappa shape index (κ1) is 17.7. The van der Waals surface area contributed by atoms with Gasteiger partial charge in [0, 0.05) is 11.8 Å². The maximum atomic E-state index is 12.4. The van der Waals surface area contributed by atoms with Crippen molar-refractivity contribution in [2.45, 2.75) is 11.8 Å². The fraction of sp³-hybridized carbons (Fsp3) is 0.111. The average Bonchev–Trinajstić information content (AvgIpc) is 2.65. The van der Waals surface area contributed by atoms with Crippen LogP contribution in [-0.4, -0.2) is 25.7 Å². The van der Waals surface area contributed by atoms with Crippen molar-refractivity contribution in [2.75, 3.05) is 11.8 Å². The Morgan fingerprint density at radius 3 is 2.08 bits per heavy atom. The maximum absolute atomic E-state index is 12.4. The lowest BCUT2D eigenvalue weighted by Crippen LogP contribution is -2.12. The van der Waals surface area contributed by atoms with Crippen molar-refractivity contribution >= 4 is 15.7 Å². The lowest BCUT2D eigenvalue weighted by molar-refractivity contribution is 0.414. The second-order valence-electron chi connectivity index (χ2n) is 5.42. The zero-order chi connectivity index (χ0) is 18.6. The van der Waals surface area contributed by atoms with Crippen LogP contribution in [0.25, 0.3) is 0 Å². The van der Waals surface area contributed by atoms with Crippen molar-refractivity contribution in [3.8, 4) is 17.4 Å². The van der Waals surface area contributed by atoms with E-state index in [1.54, 1.807) is 48.5 Å². The molecule has 1 aromatic heterocycles. The topological polar surface area (TPSA) is 90.4 Å². The van der Waals surface area contributed by atoms with Gasteiger partial charge < -0.3 is 9.47 Å². The Bertz CT molecular complexity index is 970. The summed E-state index contributed by atoms with van der Waals surface area (Å²) in [5.41, 5.74) is 1.21. The summed E-state index contributed by atoms with van der Waals surface area (Å²) in [4.78, 5) is 0.147. The van der Waals surface area contributed by atoms with E-state index < -0.39 is 10.0 Å². The number of aryl methyl sites for hydroxylation is 1. The van der Waals surface area contributed by atoms with Crippen molar-refractivity contribution in [1.82, 2.24) is 10.2 Å². The van der Waals surface area contributed by atoms with Gasteiger partial charge in [-0.25, -0.2) is 8.42 Å². The molecule has 8 heteroatoms. The number of anilines is 1. The molecular weight excluding hydrogens is 354 g/mol. The smallest absolute Gasteiger partial charge is 0.261 e. The van der Waals surface area contributed by atoms with Crippen molar-refractivity contribution < 1.29 is 17.9 Å². The molecule has 0 saturated carbocycles. The van der Waals surface area contributed by atoms with E-state index in [1.807, 2.05) is 6.92 Å². The van der Waals surface area contributed by atoms with Crippen molar-refractivity contribution in [3.63, 3.8) is 0 Å². The highest BCUT2D eigenvalue weighted by Crippen LogP contribution is 2.23. The van der Waals surface area contributed by atoms with Crippen LogP contribution < -0.4 is 14.2 Å². The van der Waals surface area contributed by atoms with E-state index in [-0.39, 0.29) is 4.90 Å². The third kappa shape index (κ3) is 4.28. The van der Waals surface area contributed by atoms with E-state index in [9.17, 15) is 8.42 Å². The molecule has 3 aromatic rings. The molecule has 0 amide bonds. The van der Waals surface area contributed by atoms with Crippen LogP contribution in [0.15, 0.2) is 65.6 Å². The van der Waals surface area contributed by atoms with Gasteiger partial charge in [0.15, 0.2) is 0 Å². The summed E-state index contributed by atoms with van der Waals surface area (Å²) in [6.45, 7) is 1.83. The SMILES string of the molecule is COc1ccc(S(=O)(=O)Nc2ccc(Oc3ccc(C)nn3)cc2)cc1. The molecule has 0 aliphatic rings. The van der Waals surface area contributed by atoms with Crippen molar-refractivity contribution in [3.05, 3.63) is 66.4 Å². The Kier molecular flexibility index (Phi) is 5.04. The first-order chi connectivity index (χ1) is 12.5. The summed E-state index contributed by atoms with van der Waals surface area (Å²) in [7, 11) is -2.16. The van der Waals surface area contributed by atoms with E-state index in [4.69, 9.17) is 9.47 Å². The van der Waals surface area contributed by atoms with Crippen LogP contribution in [0.5, 0.6) is 17.4 Å². The summed E-state index contributed by atoms with van der Waals surface area (Å²) in [6, 6.07) is 16.2. The second kappa shape index (κ2) is 7.40. The highest BCUT2D eigenvalue weighted by Gasteiger charge is 2.14. The number of hydrogen-bond acceptors (Lipinski definition) is 6. The van der Waals surface area contributed by atoms with Gasteiger partial charge in [0.25, 0.3) is 10.0 Å². The third-order valence-corrected chi connectivity index (χ3v) is 4.87. The van der Waals surface area contributed by atoms with Gasteiger partial charge in [-0.05, 0) is 61.5 Å². The number of methoxy groups -OCH3 is 1. The van der Waals surface area contributed by atoms with E-state index >= 15 is 0 Å². The number of rotatable bonds is 6. The zero-order valence-corrected chi connectivity index (χ0v) is 15.0. The van der Waals surface area contributed by atoms with Gasteiger partial charge in [0.2, 0.25) is 5.88 Å². The number of nitrogens with one attached hydrogen (secondary N) is 1. The van der Waals surface area contributed by atoms with Gasteiger partial charge in [-0.15, -0.1) is 5.10 Å². The van der Waals surface area contributed by atoms with Crippen LogP contribution in [0.2, 0.25) is 0 Å². The molecule has 0 unspecified atom stereocenters. The van der Waals surface area contributed by atoms with Crippen LogP contribution in [0, 0.1) is 6.92 Å². The van der Waals surface area contributed by atoms with Crippen LogP contribution in [0.3, 0.4) is 0 Å². The summed E-state index contributed by atoms with van der Waals surface area (Å²) in [5, 5.41) is 7.83. The number of nitrogens with zero attached hydrogens (tertiary/aromatic N) is 2. The van der Waals surface area contributed by atoms with Gasteiger partial charge in [-0.3, -0.25) is 4.72 Å². The van der Waals surface area contributed by atoms with Gasteiger partial charge in [-0.2, -0.15) is 5.10 Å². The van der Waals surface area contributed by atoms with E-state index in [0.29, 0.717) is 23.1 Å².